The maximum absolute atomic E-state index is 13.3. The molecular formula is C26H24ClN3O3. The van der Waals surface area contributed by atoms with Crippen LogP contribution < -0.4 is 16.6 Å². The van der Waals surface area contributed by atoms with E-state index in [-0.39, 0.29) is 23.7 Å². The molecule has 0 radical (unpaired) electrons. The third-order valence-electron chi connectivity index (χ3n) is 5.46. The van der Waals surface area contributed by atoms with E-state index in [0.717, 1.165) is 11.3 Å². The molecule has 0 aliphatic heterocycles. The number of hydrogen-bond donors (Lipinski definition) is 1. The largest absolute Gasteiger partial charge is 0.331 e. The number of rotatable bonds is 8. The van der Waals surface area contributed by atoms with Gasteiger partial charge in [0.15, 0.2) is 0 Å². The third-order valence-corrected chi connectivity index (χ3v) is 5.69. The Labute approximate surface area is 196 Å². The number of hydrogen-bond acceptors (Lipinski definition) is 3. The van der Waals surface area contributed by atoms with Crippen molar-refractivity contribution in [2.45, 2.75) is 32.4 Å². The Morgan fingerprint density at radius 2 is 1.61 bits per heavy atom. The van der Waals surface area contributed by atoms with E-state index in [1.165, 1.54) is 4.57 Å². The van der Waals surface area contributed by atoms with Crippen LogP contribution in [-0.2, 0) is 17.9 Å². The topological polar surface area (TPSA) is 73.1 Å². The summed E-state index contributed by atoms with van der Waals surface area (Å²) in [6, 6.07) is 23.7. The lowest BCUT2D eigenvalue weighted by molar-refractivity contribution is -0.116. The van der Waals surface area contributed by atoms with Crippen molar-refractivity contribution in [2.24, 2.45) is 0 Å². The zero-order valence-corrected chi connectivity index (χ0v) is 18.8. The first kappa shape index (κ1) is 22.6. The van der Waals surface area contributed by atoms with Gasteiger partial charge in [0, 0.05) is 23.7 Å². The van der Waals surface area contributed by atoms with Crippen molar-refractivity contribution in [1.29, 1.82) is 0 Å². The van der Waals surface area contributed by atoms with Gasteiger partial charge in [-0.25, -0.2) is 4.79 Å². The Hall–Kier alpha value is -3.64. The molecule has 4 rings (SSSR count). The lowest BCUT2D eigenvalue weighted by Crippen LogP contribution is -2.40. The number of fused-ring (bicyclic) bond motifs is 1. The fourth-order valence-electron chi connectivity index (χ4n) is 3.84. The number of carbonyl (C=O) groups is 1. The normalized spacial score (nSPS) is 10.9. The predicted octanol–water partition coefficient (Wildman–Crippen LogP) is 4.67. The van der Waals surface area contributed by atoms with Crippen molar-refractivity contribution in [3.63, 3.8) is 0 Å². The van der Waals surface area contributed by atoms with Crippen LogP contribution in [-0.4, -0.2) is 15.0 Å². The van der Waals surface area contributed by atoms with Gasteiger partial charge in [0.05, 0.1) is 17.4 Å². The summed E-state index contributed by atoms with van der Waals surface area (Å²) >= 11 is 6.11. The molecule has 1 amide bonds. The number of nitrogens with one attached hydrogen (secondary N) is 1. The molecule has 4 aromatic rings. The highest BCUT2D eigenvalue weighted by Crippen LogP contribution is 2.14. The van der Waals surface area contributed by atoms with Crippen LogP contribution in [0.4, 0.5) is 5.69 Å². The minimum absolute atomic E-state index is 0.0922. The number of carbonyl (C=O) groups excluding carboxylic acids is 1. The third kappa shape index (κ3) is 5.41. The molecule has 0 saturated heterocycles. The summed E-state index contributed by atoms with van der Waals surface area (Å²) in [5.41, 5.74) is 1.53. The fourth-order valence-corrected chi connectivity index (χ4v) is 4.05. The van der Waals surface area contributed by atoms with Crippen LogP contribution in [0.3, 0.4) is 0 Å². The van der Waals surface area contributed by atoms with Crippen molar-refractivity contribution < 1.29 is 4.79 Å². The van der Waals surface area contributed by atoms with E-state index in [9.17, 15) is 14.4 Å². The molecule has 0 atom stereocenters. The van der Waals surface area contributed by atoms with E-state index < -0.39 is 0 Å². The highest BCUT2D eigenvalue weighted by Gasteiger charge is 2.13. The van der Waals surface area contributed by atoms with E-state index in [2.05, 4.69) is 5.32 Å². The molecule has 0 spiro atoms. The molecule has 0 aliphatic rings. The van der Waals surface area contributed by atoms with Crippen molar-refractivity contribution >= 4 is 34.1 Å². The van der Waals surface area contributed by atoms with Gasteiger partial charge in [-0.15, -0.1) is 0 Å². The molecule has 33 heavy (non-hydrogen) atoms. The fraction of sp³-hybridized carbons (Fsp3) is 0.192. The molecule has 0 aliphatic carbocycles. The number of anilines is 1. The second kappa shape index (κ2) is 10.3. The quantitative estimate of drug-likeness (QED) is 0.387. The summed E-state index contributed by atoms with van der Waals surface area (Å²) in [5.74, 6) is -0.0922. The first-order valence-corrected chi connectivity index (χ1v) is 11.2. The molecule has 1 heterocycles. The lowest BCUT2D eigenvalue weighted by atomic mass is 10.2. The van der Waals surface area contributed by atoms with Gasteiger partial charge >= 0.3 is 5.69 Å². The molecule has 7 heteroatoms. The SMILES string of the molecule is O=C(CCCCn1c(=O)c2ccccc2n(Cc2cccc(Cl)c2)c1=O)Nc1ccccc1. The average molecular weight is 462 g/mol. The minimum atomic E-state index is -0.368. The number of amides is 1. The molecular weight excluding hydrogens is 438 g/mol. The highest BCUT2D eigenvalue weighted by molar-refractivity contribution is 6.30. The summed E-state index contributed by atoms with van der Waals surface area (Å²) in [6.45, 7) is 0.552. The maximum Gasteiger partial charge on any atom is 0.331 e. The first-order chi connectivity index (χ1) is 16.0. The summed E-state index contributed by atoms with van der Waals surface area (Å²) in [7, 11) is 0. The first-order valence-electron chi connectivity index (χ1n) is 10.8. The van der Waals surface area contributed by atoms with Gasteiger partial charge in [0.2, 0.25) is 5.91 Å². The molecule has 0 fully saturated rings. The Morgan fingerprint density at radius 3 is 2.39 bits per heavy atom. The monoisotopic (exact) mass is 461 g/mol. The standard InChI is InChI=1S/C26H24ClN3O3/c27-20-10-8-9-19(17-20)18-30-23-14-5-4-13-22(23)25(32)29(26(30)33)16-7-6-15-24(31)28-21-11-2-1-3-12-21/h1-5,8-14,17H,6-7,15-16,18H2,(H,28,31). The smallest absolute Gasteiger partial charge is 0.326 e. The van der Waals surface area contributed by atoms with Crippen LogP contribution in [0, 0.1) is 0 Å². The van der Waals surface area contributed by atoms with Crippen LogP contribution in [0.25, 0.3) is 10.9 Å². The minimum Gasteiger partial charge on any atom is -0.326 e. The van der Waals surface area contributed by atoms with Crippen LogP contribution in [0.15, 0.2) is 88.5 Å². The second-order valence-electron chi connectivity index (χ2n) is 7.84. The van der Waals surface area contributed by atoms with Gasteiger partial charge in [0.1, 0.15) is 0 Å². The van der Waals surface area contributed by atoms with Crippen LogP contribution in [0.1, 0.15) is 24.8 Å². The molecule has 0 bridgehead atoms. The molecule has 6 nitrogen and oxygen atoms in total. The molecule has 168 valence electrons. The van der Waals surface area contributed by atoms with Gasteiger partial charge < -0.3 is 5.32 Å². The number of aromatic nitrogens is 2. The zero-order valence-electron chi connectivity index (χ0n) is 18.0. The Kier molecular flexibility index (Phi) is 7.05. The molecule has 0 unspecified atom stereocenters. The van der Waals surface area contributed by atoms with Gasteiger partial charge in [-0.05, 0) is 54.8 Å². The number of para-hydroxylation sites is 2. The molecule has 1 aromatic heterocycles. The van der Waals surface area contributed by atoms with E-state index in [1.807, 2.05) is 54.6 Å². The van der Waals surface area contributed by atoms with Gasteiger partial charge in [-0.1, -0.05) is 54.1 Å². The van der Waals surface area contributed by atoms with E-state index in [0.29, 0.717) is 41.7 Å². The van der Waals surface area contributed by atoms with Gasteiger partial charge in [0.25, 0.3) is 5.56 Å². The molecule has 3 aromatic carbocycles. The maximum atomic E-state index is 13.3. The molecule has 0 saturated carbocycles. The van der Waals surface area contributed by atoms with E-state index in [1.54, 1.807) is 28.8 Å². The Bertz CT molecular complexity index is 1390. The second-order valence-corrected chi connectivity index (χ2v) is 8.28. The average Bonchev–Trinajstić information content (AvgIpc) is 2.82. The zero-order chi connectivity index (χ0) is 23.2. The molecule has 1 N–H and O–H groups in total. The predicted molar refractivity (Wildman–Crippen MR) is 132 cm³/mol. The van der Waals surface area contributed by atoms with Crippen molar-refractivity contribution in [2.75, 3.05) is 5.32 Å². The van der Waals surface area contributed by atoms with Crippen LogP contribution in [0.2, 0.25) is 5.02 Å². The van der Waals surface area contributed by atoms with Crippen molar-refractivity contribution in [3.05, 3.63) is 110 Å². The van der Waals surface area contributed by atoms with Gasteiger partial charge in [-0.2, -0.15) is 0 Å². The van der Waals surface area contributed by atoms with Crippen molar-refractivity contribution in [3.8, 4) is 0 Å². The number of nitrogens with zero attached hydrogens (tertiary/aromatic N) is 2. The van der Waals surface area contributed by atoms with Crippen molar-refractivity contribution in [1.82, 2.24) is 9.13 Å². The Balaban J connectivity index is 1.52. The number of halogens is 1. The summed E-state index contributed by atoms with van der Waals surface area (Å²) in [4.78, 5) is 38.5. The van der Waals surface area contributed by atoms with E-state index >= 15 is 0 Å². The lowest BCUT2D eigenvalue weighted by Gasteiger charge is -2.14. The van der Waals surface area contributed by atoms with Crippen LogP contribution in [0.5, 0.6) is 0 Å². The number of benzene rings is 3. The Morgan fingerprint density at radius 1 is 0.848 bits per heavy atom. The number of unbranched alkanes of at least 4 members (excludes halogenated alkanes) is 1. The van der Waals surface area contributed by atoms with Crippen LogP contribution >= 0.6 is 11.6 Å². The summed E-state index contributed by atoms with van der Waals surface area (Å²) in [6.07, 6.45) is 1.41. The summed E-state index contributed by atoms with van der Waals surface area (Å²) < 4.78 is 2.87. The summed E-state index contributed by atoms with van der Waals surface area (Å²) in [5, 5.41) is 3.92. The van der Waals surface area contributed by atoms with Gasteiger partial charge in [-0.3, -0.25) is 18.7 Å². The van der Waals surface area contributed by atoms with E-state index in [4.69, 9.17) is 11.6 Å². The highest BCUT2D eigenvalue weighted by atomic mass is 35.5.